The maximum absolute atomic E-state index is 12.1. The van der Waals surface area contributed by atoms with Gasteiger partial charge in [-0.2, -0.15) is 0 Å². The number of benzene rings is 1. The molecule has 0 aromatic heterocycles. The molecule has 0 unspecified atom stereocenters. The van der Waals surface area contributed by atoms with E-state index in [1.807, 2.05) is 6.92 Å². The highest BCUT2D eigenvalue weighted by molar-refractivity contribution is 9.10. The molecular formula is C15H14BrNO4. The van der Waals surface area contributed by atoms with Crippen LogP contribution in [0.2, 0.25) is 0 Å². The minimum Gasteiger partial charge on any atom is -0.466 e. The van der Waals surface area contributed by atoms with Crippen molar-refractivity contribution >= 4 is 39.3 Å². The lowest BCUT2D eigenvalue weighted by Gasteiger charge is -2.15. The van der Waals surface area contributed by atoms with Gasteiger partial charge in [0.2, 0.25) is 0 Å². The Morgan fingerprint density at radius 2 is 2.10 bits per heavy atom. The number of ketones is 1. The van der Waals surface area contributed by atoms with Crippen LogP contribution >= 0.6 is 15.9 Å². The molecule has 0 N–H and O–H groups in total. The zero-order chi connectivity index (χ0) is 15.6. The summed E-state index contributed by atoms with van der Waals surface area (Å²) >= 11 is 3.28. The number of rotatable bonds is 4. The van der Waals surface area contributed by atoms with Crippen LogP contribution in [0, 0.1) is 0 Å². The Morgan fingerprint density at radius 3 is 2.71 bits per heavy atom. The van der Waals surface area contributed by atoms with Crippen molar-refractivity contribution in [1.29, 1.82) is 0 Å². The van der Waals surface area contributed by atoms with E-state index < -0.39 is 17.7 Å². The molecule has 21 heavy (non-hydrogen) atoms. The van der Waals surface area contributed by atoms with E-state index in [0.29, 0.717) is 27.7 Å². The van der Waals surface area contributed by atoms with Crippen LogP contribution < -0.4 is 4.90 Å². The van der Waals surface area contributed by atoms with Crippen LogP contribution in [0.5, 0.6) is 0 Å². The van der Waals surface area contributed by atoms with Crippen molar-refractivity contribution in [3.63, 3.8) is 0 Å². The number of methoxy groups -OCH3 is 1. The minimum absolute atomic E-state index is 0.159. The number of esters is 1. The van der Waals surface area contributed by atoms with E-state index in [0.717, 1.165) is 0 Å². The molecule has 0 aliphatic carbocycles. The molecule has 1 aromatic rings. The Balaban J connectivity index is 2.33. The fraction of sp³-hybridized carbons (Fsp3) is 0.267. The minimum atomic E-state index is -0.589. The number of anilines is 1. The van der Waals surface area contributed by atoms with Crippen molar-refractivity contribution in [3.8, 4) is 0 Å². The standard InChI is InChI=1S/C15H14BrNO4/c1-3-9(15(20)21-2)7-8-17-11-6-4-5-10(16)12(11)13(18)14(17)19/h4-7H,3,8H2,1-2H3. The first kappa shape index (κ1) is 15.4. The third-order valence-corrected chi connectivity index (χ3v) is 3.96. The number of hydrogen-bond donors (Lipinski definition) is 0. The average Bonchev–Trinajstić information content (AvgIpc) is 2.73. The van der Waals surface area contributed by atoms with Gasteiger partial charge >= 0.3 is 5.97 Å². The Hall–Kier alpha value is -1.95. The SMILES string of the molecule is CCC(=CCN1C(=O)C(=O)c2c(Br)cccc21)C(=O)OC. The fourth-order valence-corrected chi connectivity index (χ4v) is 2.72. The summed E-state index contributed by atoms with van der Waals surface area (Å²) in [5.74, 6) is -1.56. The van der Waals surface area contributed by atoms with Gasteiger partial charge in [0.1, 0.15) is 0 Å². The summed E-state index contributed by atoms with van der Waals surface area (Å²) in [6.45, 7) is 1.98. The molecule has 0 bridgehead atoms. The predicted octanol–water partition coefficient (Wildman–Crippen LogP) is 2.49. The number of carbonyl (C=O) groups is 3. The average molecular weight is 352 g/mol. The molecule has 0 saturated heterocycles. The predicted molar refractivity (Wildman–Crippen MR) is 81.2 cm³/mol. The van der Waals surface area contributed by atoms with Crippen molar-refractivity contribution in [1.82, 2.24) is 0 Å². The summed E-state index contributed by atoms with van der Waals surface area (Å²) < 4.78 is 5.26. The van der Waals surface area contributed by atoms with Gasteiger partial charge in [-0.3, -0.25) is 9.59 Å². The second-order valence-corrected chi connectivity index (χ2v) is 5.31. The number of ether oxygens (including phenoxy) is 1. The number of halogens is 1. The maximum atomic E-state index is 12.1. The zero-order valence-electron chi connectivity index (χ0n) is 11.7. The molecule has 0 spiro atoms. The number of amides is 1. The quantitative estimate of drug-likeness (QED) is 0.475. The van der Waals surface area contributed by atoms with E-state index in [9.17, 15) is 14.4 Å². The first-order valence-electron chi connectivity index (χ1n) is 6.43. The highest BCUT2D eigenvalue weighted by Gasteiger charge is 2.36. The van der Waals surface area contributed by atoms with Gasteiger partial charge in [-0.15, -0.1) is 0 Å². The molecular weight excluding hydrogens is 338 g/mol. The monoisotopic (exact) mass is 351 g/mol. The van der Waals surface area contributed by atoms with Gasteiger partial charge in [-0.25, -0.2) is 4.79 Å². The van der Waals surface area contributed by atoms with Crippen molar-refractivity contribution in [2.24, 2.45) is 0 Å². The number of nitrogens with zero attached hydrogens (tertiary/aromatic N) is 1. The normalized spacial score (nSPS) is 14.4. The molecule has 0 saturated carbocycles. The summed E-state index contributed by atoms with van der Waals surface area (Å²) in [5, 5.41) is 0. The molecule has 0 atom stereocenters. The molecule has 1 aromatic carbocycles. The number of fused-ring (bicyclic) bond motifs is 1. The molecule has 2 rings (SSSR count). The van der Waals surface area contributed by atoms with Crippen LogP contribution in [0.15, 0.2) is 34.3 Å². The topological polar surface area (TPSA) is 63.7 Å². The number of carbonyl (C=O) groups excluding carboxylic acids is 3. The summed E-state index contributed by atoms with van der Waals surface area (Å²) in [4.78, 5) is 37.0. The van der Waals surface area contributed by atoms with Gasteiger partial charge in [0.05, 0.1) is 18.4 Å². The first-order valence-corrected chi connectivity index (χ1v) is 7.22. The molecule has 1 heterocycles. The van der Waals surface area contributed by atoms with E-state index in [-0.39, 0.29) is 6.54 Å². The van der Waals surface area contributed by atoms with Crippen LogP contribution in [0.25, 0.3) is 0 Å². The largest absolute Gasteiger partial charge is 0.466 e. The van der Waals surface area contributed by atoms with Gasteiger partial charge in [-0.1, -0.05) is 19.1 Å². The first-order chi connectivity index (χ1) is 10.0. The van der Waals surface area contributed by atoms with Crippen molar-refractivity contribution < 1.29 is 19.1 Å². The Kier molecular flexibility index (Phi) is 4.57. The Bertz CT molecular complexity index is 651. The smallest absolute Gasteiger partial charge is 0.333 e. The number of Topliss-reactive ketones (excluding diaryl/α,β-unsaturated/α-hetero) is 1. The highest BCUT2D eigenvalue weighted by atomic mass is 79.9. The lowest BCUT2D eigenvalue weighted by Crippen LogP contribution is -2.30. The Morgan fingerprint density at radius 1 is 1.38 bits per heavy atom. The van der Waals surface area contributed by atoms with E-state index in [2.05, 4.69) is 20.7 Å². The van der Waals surface area contributed by atoms with E-state index in [1.54, 1.807) is 24.3 Å². The van der Waals surface area contributed by atoms with Crippen LogP contribution in [0.3, 0.4) is 0 Å². The van der Waals surface area contributed by atoms with Crippen LogP contribution in [0.4, 0.5) is 5.69 Å². The lowest BCUT2D eigenvalue weighted by molar-refractivity contribution is -0.136. The summed E-state index contributed by atoms with van der Waals surface area (Å²) in [6.07, 6.45) is 2.11. The van der Waals surface area contributed by atoms with Gasteiger partial charge in [0.25, 0.3) is 11.7 Å². The molecule has 5 nitrogen and oxygen atoms in total. The van der Waals surface area contributed by atoms with E-state index in [1.165, 1.54) is 12.0 Å². The maximum Gasteiger partial charge on any atom is 0.333 e. The van der Waals surface area contributed by atoms with E-state index >= 15 is 0 Å². The Labute approximate surface area is 130 Å². The summed E-state index contributed by atoms with van der Waals surface area (Å²) in [5.41, 5.74) is 1.39. The van der Waals surface area contributed by atoms with Crippen LogP contribution in [-0.2, 0) is 14.3 Å². The molecule has 0 radical (unpaired) electrons. The summed E-state index contributed by atoms with van der Waals surface area (Å²) in [6, 6.07) is 5.18. The molecule has 1 amide bonds. The van der Waals surface area contributed by atoms with Crippen LogP contribution in [0.1, 0.15) is 23.7 Å². The van der Waals surface area contributed by atoms with Gasteiger partial charge in [-0.05, 0) is 34.5 Å². The summed E-state index contributed by atoms with van der Waals surface area (Å²) in [7, 11) is 1.31. The van der Waals surface area contributed by atoms with Crippen molar-refractivity contribution in [3.05, 3.63) is 39.9 Å². The van der Waals surface area contributed by atoms with Gasteiger partial charge < -0.3 is 9.64 Å². The zero-order valence-corrected chi connectivity index (χ0v) is 13.3. The second kappa shape index (κ2) is 6.22. The highest BCUT2D eigenvalue weighted by Crippen LogP contribution is 2.34. The lowest BCUT2D eigenvalue weighted by atomic mass is 10.1. The van der Waals surface area contributed by atoms with Crippen LogP contribution in [-0.4, -0.2) is 31.3 Å². The van der Waals surface area contributed by atoms with Crippen molar-refractivity contribution in [2.75, 3.05) is 18.6 Å². The molecule has 6 heteroatoms. The van der Waals surface area contributed by atoms with E-state index in [4.69, 9.17) is 0 Å². The fourth-order valence-electron chi connectivity index (χ4n) is 2.19. The van der Waals surface area contributed by atoms with Gasteiger partial charge in [0.15, 0.2) is 0 Å². The second-order valence-electron chi connectivity index (χ2n) is 4.45. The number of hydrogen-bond acceptors (Lipinski definition) is 4. The molecule has 110 valence electrons. The van der Waals surface area contributed by atoms with Crippen molar-refractivity contribution in [2.45, 2.75) is 13.3 Å². The third-order valence-electron chi connectivity index (χ3n) is 3.30. The molecule has 1 aliphatic heterocycles. The molecule has 1 aliphatic rings. The van der Waals surface area contributed by atoms with Gasteiger partial charge in [0, 0.05) is 16.6 Å². The third kappa shape index (κ3) is 2.76. The molecule has 0 fully saturated rings.